The molecule has 0 radical (unpaired) electrons. The zero-order valence-corrected chi connectivity index (χ0v) is 21.3. The second-order valence-electron chi connectivity index (χ2n) is 7.70. The minimum absolute atomic E-state index is 0.00505. The first-order valence-electron chi connectivity index (χ1n) is 10.7. The first-order chi connectivity index (χ1) is 17.9. The maximum Gasteiger partial charge on any atom is 0.433 e. The number of halogens is 5. The second kappa shape index (κ2) is 11.6. The summed E-state index contributed by atoms with van der Waals surface area (Å²) in [5.74, 6) is -1.57. The molecule has 0 saturated heterocycles. The number of anilines is 1. The molecule has 2 aromatic carbocycles. The van der Waals surface area contributed by atoms with Gasteiger partial charge in [-0.15, -0.1) is 0 Å². The van der Waals surface area contributed by atoms with Crippen LogP contribution in [0.1, 0.15) is 28.0 Å². The number of ether oxygens (including phenoxy) is 2. The van der Waals surface area contributed by atoms with Gasteiger partial charge in [0.05, 0.1) is 47.4 Å². The van der Waals surface area contributed by atoms with E-state index < -0.39 is 23.7 Å². The number of carboxylic acids is 1. The van der Waals surface area contributed by atoms with Crippen molar-refractivity contribution < 1.29 is 37.3 Å². The zero-order valence-electron chi connectivity index (χ0n) is 19.8. The Kier molecular flexibility index (Phi) is 8.70. The molecular weight excluding hydrogens is 550 g/mol. The van der Waals surface area contributed by atoms with Crippen LogP contribution < -0.4 is 14.4 Å². The van der Waals surface area contributed by atoms with Crippen molar-refractivity contribution in [2.75, 3.05) is 25.7 Å². The molecule has 0 spiro atoms. The molecule has 0 aliphatic carbocycles. The Labute approximate surface area is 224 Å². The molecule has 0 bridgehead atoms. The van der Waals surface area contributed by atoms with Crippen molar-refractivity contribution in [3.8, 4) is 28.7 Å². The van der Waals surface area contributed by atoms with Crippen LogP contribution in [0.25, 0.3) is 11.1 Å². The van der Waals surface area contributed by atoms with Crippen LogP contribution in [0.15, 0.2) is 42.6 Å². The lowest BCUT2D eigenvalue weighted by molar-refractivity contribution is -0.141. The summed E-state index contributed by atoms with van der Waals surface area (Å²) in [4.78, 5) is 29.0. The van der Waals surface area contributed by atoms with Crippen molar-refractivity contribution in [3.05, 3.63) is 69.5 Å². The Morgan fingerprint density at radius 1 is 1.13 bits per heavy atom. The molecule has 0 aliphatic heterocycles. The van der Waals surface area contributed by atoms with Crippen molar-refractivity contribution in [1.82, 2.24) is 4.98 Å². The molecule has 13 heteroatoms. The molecule has 1 amide bonds. The van der Waals surface area contributed by atoms with Gasteiger partial charge in [0.15, 0.2) is 0 Å². The van der Waals surface area contributed by atoms with Crippen LogP contribution in [-0.4, -0.2) is 42.7 Å². The summed E-state index contributed by atoms with van der Waals surface area (Å²) < 4.78 is 50.1. The maximum absolute atomic E-state index is 13.6. The zero-order chi connectivity index (χ0) is 28.2. The van der Waals surface area contributed by atoms with Gasteiger partial charge in [-0.2, -0.15) is 18.4 Å². The number of pyridine rings is 1. The van der Waals surface area contributed by atoms with Crippen LogP contribution in [-0.2, 0) is 11.0 Å². The van der Waals surface area contributed by atoms with Crippen molar-refractivity contribution in [3.63, 3.8) is 0 Å². The lowest BCUT2D eigenvalue weighted by Gasteiger charge is -2.23. The Bertz CT molecular complexity index is 1440. The number of benzene rings is 2. The molecule has 8 nitrogen and oxygen atoms in total. The third kappa shape index (κ3) is 6.10. The number of hydrogen-bond donors (Lipinski definition) is 1. The average Bonchev–Trinajstić information content (AvgIpc) is 2.86. The van der Waals surface area contributed by atoms with E-state index in [4.69, 9.17) is 37.8 Å². The highest BCUT2D eigenvalue weighted by atomic mass is 35.5. The van der Waals surface area contributed by atoms with E-state index in [1.807, 2.05) is 0 Å². The number of carbonyl (C=O) groups excluding carboxylic acids is 1. The predicted octanol–water partition coefficient (Wildman–Crippen LogP) is 6.08. The number of rotatable bonds is 8. The average molecular weight is 568 g/mol. The first kappa shape index (κ1) is 28.6. The van der Waals surface area contributed by atoms with E-state index in [1.54, 1.807) is 12.1 Å². The molecule has 3 rings (SSSR count). The van der Waals surface area contributed by atoms with Gasteiger partial charge in [0.25, 0.3) is 5.91 Å². The lowest BCUT2D eigenvalue weighted by atomic mass is 9.98. The van der Waals surface area contributed by atoms with Gasteiger partial charge < -0.3 is 19.5 Å². The van der Waals surface area contributed by atoms with Gasteiger partial charge in [-0.25, -0.2) is 0 Å². The largest absolute Gasteiger partial charge is 0.496 e. The highest BCUT2D eigenvalue weighted by Crippen LogP contribution is 2.40. The van der Waals surface area contributed by atoms with Crippen LogP contribution >= 0.6 is 23.2 Å². The van der Waals surface area contributed by atoms with Crippen LogP contribution in [0, 0.1) is 11.3 Å². The molecular formula is C25H18Cl2F3N3O5. The highest BCUT2D eigenvalue weighted by molar-refractivity contribution is 6.35. The third-order valence-corrected chi connectivity index (χ3v) is 5.91. The minimum Gasteiger partial charge on any atom is -0.496 e. The monoisotopic (exact) mass is 567 g/mol. The normalized spacial score (nSPS) is 11.0. The predicted molar refractivity (Wildman–Crippen MR) is 133 cm³/mol. The molecule has 0 saturated carbocycles. The number of methoxy groups -OCH3 is 1. The van der Waals surface area contributed by atoms with Gasteiger partial charge >= 0.3 is 12.1 Å². The summed E-state index contributed by atoms with van der Waals surface area (Å²) >= 11 is 12.7. The van der Waals surface area contributed by atoms with Crippen molar-refractivity contribution >= 4 is 40.8 Å². The van der Waals surface area contributed by atoms with E-state index in [9.17, 15) is 28.0 Å². The third-order valence-electron chi connectivity index (χ3n) is 5.29. The maximum atomic E-state index is 13.6. The van der Waals surface area contributed by atoms with Gasteiger partial charge in [-0.1, -0.05) is 29.3 Å². The number of nitriles is 1. The Balaban J connectivity index is 2.10. The summed E-state index contributed by atoms with van der Waals surface area (Å²) in [6, 6.07) is 9.41. The molecule has 3 aromatic rings. The van der Waals surface area contributed by atoms with E-state index in [0.29, 0.717) is 6.07 Å². The molecule has 0 fully saturated rings. The molecule has 0 aliphatic rings. The van der Waals surface area contributed by atoms with Crippen molar-refractivity contribution in [2.45, 2.75) is 12.6 Å². The molecule has 38 heavy (non-hydrogen) atoms. The van der Waals surface area contributed by atoms with Gasteiger partial charge in [0.1, 0.15) is 22.9 Å². The SMILES string of the molecule is COc1cc(Cl)c(-c2cnc(C(F)(F)F)cc2C#N)cc1C(=O)N(C)c1c(Cl)cccc1OCCC(=O)O. The lowest BCUT2D eigenvalue weighted by Crippen LogP contribution is -2.27. The number of hydrogen-bond acceptors (Lipinski definition) is 6. The van der Waals surface area contributed by atoms with E-state index in [-0.39, 0.29) is 62.5 Å². The van der Waals surface area contributed by atoms with Crippen LogP contribution in [0.2, 0.25) is 10.0 Å². The number of aromatic nitrogens is 1. The van der Waals surface area contributed by atoms with Gasteiger partial charge in [0.2, 0.25) is 0 Å². The number of carboxylic acid groups (broad SMARTS) is 1. The van der Waals surface area contributed by atoms with E-state index in [2.05, 4.69) is 4.98 Å². The smallest absolute Gasteiger partial charge is 0.433 e. The fraction of sp³-hybridized carbons (Fsp3) is 0.200. The summed E-state index contributed by atoms with van der Waals surface area (Å²) in [6.45, 7) is -0.184. The Morgan fingerprint density at radius 2 is 1.84 bits per heavy atom. The number of alkyl halides is 3. The molecule has 0 unspecified atom stereocenters. The number of carbonyl (C=O) groups is 2. The summed E-state index contributed by atoms with van der Waals surface area (Å²) in [6.07, 6.45) is -4.20. The molecule has 1 N–H and O–H groups in total. The fourth-order valence-electron chi connectivity index (χ4n) is 3.48. The number of nitrogens with zero attached hydrogens (tertiary/aromatic N) is 3. The number of aliphatic carboxylic acids is 1. The number of amides is 1. The Hall–Kier alpha value is -4.01. The molecule has 198 valence electrons. The van der Waals surface area contributed by atoms with Gasteiger partial charge in [0, 0.05) is 30.4 Å². The minimum atomic E-state index is -4.77. The summed E-state index contributed by atoms with van der Waals surface area (Å²) in [5.41, 5.74) is -1.50. The van der Waals surface area contributed by atoms with Crippen molar-refractivity contribution in [2.24, 2.45) is 0 Å². The molecule has 1 aromatic heterocycles. The van der Waals surface area contributed by atoms with E-state index >= 15 is 0 Å². The highest BCUT2D eigenvalue weighted by Gasteiger charge is 2.33. The summed E-state index contributed by atoms with van der Waals surface area (Å²) in [7, 11) is 2.68. The second-order valence-corrected chi connectivity index (χ2v) is 8.51. The van der Waals surface area contributed by atoms with E-state index in [1.165, 1.54) is 38.4 Å². The number of para-hydroxylation sites is 1. The Morgan fingerprint density at radius 3 is 2.45 bits per heavy atom. The fourth-order valence-corrected chi connectivity index (χ4v) is 4.03. The van der Waals surface area contributed by atoms with Crippen LogP contribution in [0.4, 0.5) is 18.9 Å². The molecule has 0 atom stereocenters. The first-order valence-corrected chi connectivity index (χ1v) is 11.4. The van der Waals surface area contributed by atoms with Gasteiger partial charge in [-0.05, 0) is 24.3 Å². The standard InChI is InChI=1S/C25H18Cl2F3N3O5/c1-33(23-17(26)4-3-5-19(23)38-7-6-22(34)35)24(36)15-9-14(18(27)10-20(15)37-2)16-12-32-21(25(28,29)30)8-13(16)11-31/h3-5,8-10,12H,6-7H2,1-2H3,(H,34,35). The topological polar surface area (TPSA) is 113 Å². The van der Waals surface area contributed by atoms with Gasteiger partial charge in [-0.3, -0.25) is 14.6 Å². The molecule has 1 heterocycles. The van der Waals surface area contributed by atoms with Crippen molar-refractivity contribution in [1.29, 1.82) is 5.26 Å². The quantitative estimate of drug-likeness (QED) is 0.350. The van der Waals surface area contributed by atoms with Crippen LogP contribution in [0.5, 0.6) is 11.5 Å². The van der Waals surface area contributed by atoms with Crippen LogP contribution in [0.3, 0.4) is 0 Å². The summed E-state index contributed by atoms with van der Waals surface area (Å²) in [5, 5.41) is 18.5. The van der Waals surface area contributed by atoms with E-state index in [0.717, 1.165) is 11.1 Å².